The molecule has 1 atom stereocenters. The van der Waals surface area contributed by atoms with Crippen LogP contribution in [0.5, 0.6) is 0 Å². The van der Waals surface area contributed by atoms with Crippen molar-refractivity contribution in [2.45, 2.75) is 44.7 Å². The van der Waals surface area contributed by atoms with Gasteiger partial charge in [-0.15, -0.1) is 0 Å². The quantitative estimate of drug-likeness (QED) is 0.147. The molecule has 4 heterocycles. The predicted octanol–water partition coefficient (Wildman–Crippen LogP) is 7.15. The fourth-order valence-corrected chi connectivity index (χ4v) is 17.1. The molecule has 214 valence electrons. The SMILES string of the molecule is CC1(C)c2ccccc2C(c2cc3c4c(c2)[Si](C)(C)c2c(oc5ccccc25)P4c2cccc4c2N3CC4)c2ccccc21. The number of rotatable bonds is 1. The van der Waals surface area contributed by atoms with Gasteiger partial charge in [-0.2, -0.15) is 0 Å². The Morgan fingerprint density at radius 3 is 2.30 bits per heavy atom. The Morgan fingerprint density at radius 2 is 1.52 bits per heavy atom. The van der Waals surface area contributed by atoms with Gasteiger partial charge in [0, 0.05) is 47.5 Å². The number of furan rings is 1. The van der Waals surface area contributed by atoms with Gasteiger partial charge >= 0.3 is 0 Å². The molecule has 0 amide bonds. The molecule has 1 aromatic heterocycles. The van der Waals surface area contributed by atoms with Gasteiger partial charge in [0.05, 0.1) is 5.69 Å². The highest BCUT2D eigenvalue weighted by molar-refractivity contribution is 7.82. The minimum Gasteiger partial charge on any atom is -0.456 e. The number of benzene rings is 5. The molecule has 0 N–H and O–H groups in total. The third kappa shape index (κ3) is 3.00. The fourth-order valence-electron chi connectivity index (χ4n) is 9.15. The van der Waals surface area contributed by atoms with E-state index in [9.17, 15) is 0 Å². The van der Waals surface area contributed by atoms with Gasteiger partial charge in [0.25, 0.3) is 0 Å². The molecule has 6 aromatic rings. The van der Waals surface area contributed by atoms with Crippen LogP contribution in [0.1, 0.15) is 53.1 Å². The van der Waals surface area contributed by atoms with Crippen LogP contribution >= 0.6 is 7.92 Å². The van der Waals surface area contributed by atoms with Crippen LogP contribution in [-0.2, 0) is 11.8 Å². The Labute approximate surface area is 261 Å². The highest BCUT2D eigenvalue weighted by Crippen LogP contribution is 2.53. The second-order valence-corrected chi connectivity index (χ2v) is 20.4. The van der Waals surface area contributed by atoms with Gasteiger partial charge in [0.15, 0.2) is 0 Å². The number of hydrogen-bond acceptors (Lipinski definition) is 2. The molecule has 1 aliphatic carbocycles. The first-order valence-electron chi connectivity index (χ1n) is 15.9. The molecule has 10 rings (SSSR count). The van der Waals surface area contributed by atoms with Crippen molar-refractivity contribution < 1.29 is 4.42 Å². The second-order valence-electron chi connectivity index (χ2n) is 14.1. The van der Waals surface area contributed by atoms with Gasteiger partial charge in [0.1, 0.15) is 19.2 Å². The van der Waals surface area contributed by atoms with Gasteiger partial charge in [-0.3, -0.25) is 0 Å². The first-order valence-corrected chi connectivity index (χ1v) is 20.3. The summed E-state index contributed by atoms with van der Waals surface area (Å²) in [6, 6.07) is 39.5. The Kier molecular flexibility index (Phi) is 4.86. The highest BCUT2D eigenvalue weighted by atomic mass is 31.1. The summed E-state index contributed by atoms with van der Waals surface area (Å²) in [6.07, 6.45) is 1.10. The lowest BCUT2D eigenvalue weighted by Crippen LogP contribution is -2.66. The first-order chi connectivity index (χ1) is 21.4. The molecule has 4 heteroatoms. The van der Waals surface area contributed by atoms with E-state index in [-0.39, 0.29) is 11.3 Å². The molecule has 2 nitrogen and oxygen atoms in total. The summed E-state index contributed by atoms with van der Waals surface area (Å²) in [5.41, 5.74) is 13.9. The predicted molar refractivity (Wildman–Crippen MR) is 188 cm³/mol. The van der Waals surface area contributed by atoms with Gasteiger partial charge < -0.3 is 9.32 Å². The van der Waals surface area contributed by atoms with E-state index in [1.165, 1.54) is 66.1 Å². The zero-order valence-electron chi connectivity index (χ0n) is 25.6. The van der Waals surface area contributed by atoms with Crippen molar-refractivity contribution in [2.24, 2.45) is 0 Å². The lowest BCUT2D eigenvalue weighted by atomic mass is 9.64. The molecular weight excluding hydrogens is 570 g/mol. The van der Waals surface area contributed by atoms with Crippen LogP contribution in [0.25, 0.3) is 11.0 Å². The maximum Gasteiger partial charge on any atom is 0.135 e. The van der Waals surface area contributed by atoms with E-state index in [0.29, 0.717) is 0 Å². The minimum absolute atomic E-state index is 0.0398. The molecule has 1 unspecified atom stereocenters. The van der Waals surface area contributed by atoms with Crippen molar-refractivity contribution in [2.75, 3.05) is 11.4 Å². The second kappa shape index (κ2) is 8.41. The Bertz CT molecular complexity index is 2180. The van der Waals surface area contributed by atoms with Gasteiger partial charge in [-0.1, -0.05) is 118 Å². The Hall–Kier alpha value is -3.91. The van der Waals surface area contributed by atoms with Crippen molar-refractivity contribution >= 4 is 64.8 Å². The van der Waals surface area contributed by atoms with Crippen LogP contribution in [0.2, 0.25) is 13.1 Å². The third-order valence-electron chi connectivity index (χ3n) is 11.1. The van der Waals surface area contributed by atoms with Crippen molar-refractivity contribution in [3.8, 4) is 0 Å². The molecule has 4 aliphatic rings. The van der Waals surface area contributed by atoms with Gasteiger partial charge in [-0.25, -0.2) is 0 Å². The van der Waals surface area contributed by atoms with Crippen molar-refractivity contribution in [1.82, 2.24) is 0 Å². The molecule has 3 aliphatic heterocycles. The monoisotopic (exact) mass is 603 g/mol. The normalized spacial score (nSPS) is 19.6. The lowest BCUT2D eigenvalue weighted by Gasteiger charge is -2.44. The van der Waals surface area contributed by atoms with E-state index >= 15 is 0 Å². The van der Waals surface area contributed by atoms with Crippen molar-refractivity contribution in [3.05, 3.63) is 137 Å². The maximum atomic E-state index is 6.94. The summed E-state index contributed by atoms with van der Waals surface area (Å²) >= 11 is 0. The van der Waals surface area contributed by atoms with Gasteiger partial charge in [0.2, 0.25) is 0 Å². The van der Waals surface area contributed by atoms with Crippen LogP contribution in [-0.4, -0.2) is 14.6 Å². The van der Waals surface area contributed by atoms with Crippen LogP contribution in [0.3, 0.4) is 0 Å². The molecule has 5 aromatic carbocycles. The summed E-state index contributed by atoms with van der Waals surface area (Å²) in [4.78, 5) is 2.68. The zero-order valence-corrected chi connectivity index (χ0v) is 27.5. The van der Waals surface area contributed by atoms with E-state index in [1.54, 1.807) is 10.5 Å². The molecular formula is C40H34NOPSi. The van der Waals surface area contributed by atoms with E-state index in [1.807, 2.05) is 0 Å². The van der Waals surface area contributed by atoms with Crippen LogP contribution in [0.15, 0.2) is 108 Å². The smallest absolute Gasteiger partial charge is 0.135 e. The Balaban J connectivity index is 1.32. The molecule has 0 saturated carbocycles. The van der Waals surface area contributed by atoms with Crippen LogP contribution < -0.4 is 31.4 Å². The largest absolute Gasteiger partial charge is 0.456 e. The molecule has 44 heavy (non-hydrogen) atoms. The number of para-hydroxylation sites is 2. The summed E-state index contributed by atoms with van der Waals surface area (Å²) < 4.78 is 6.94. The molecule has 0 saturated heterocycles. The van der Waals surface area contributed by atoms with E-state index in [2.05, 4.69) is 135 Å². The summed E-state index contributed by atoms with van der Waals surface area (Å²) in [5, 5.41) is 7.50. The third-order valence-corrected chi connectivity index (χ3v) is 17.5. The molecule has 0 radical (unpaired) electrons. The highest BCUT2D eigenvalue weighted by Gasteiger charge is 2.50. The molecule has 0 spiro atoms. The van der Waals surface area contributed by atoms with Crippen LogP contribution in [0, 0.1) is 0 Å². The average molecular weight is 604 g/mol. The summed E-state index contributed by atoms with van der Waals surface area (Å²) in [6.45, 7) is 11.0. The number of hydrogen-bond donors (Lipinski definition) is 0. The van der Waals surface area contributed by atoms with E-state index < -0.39 is 16.0 Å². The van der Waals surface area contributed by atoms with Crippen molar-refractivity contribution in [1.29, 1.82) is 0 Å². The summed E-state index contributed by atoms with van der Waals surface area (Å²) in [7, 11) is -2.94. The topological polar surface area (TPSA) is 16.4 Å². The maximum absolute atomic E-state index is 6.94. The minimum atomic E-state index is -2.16. The number of anilines is 2. The summed E-state index contributed by atoms with van der Waals surface area (Å²) in [5.74, 6) is 0.203. The number of fused-ring (bicyclic) bond motifs is 8. The van der Waals surface area contributed by atoms with Gasteiger partial charge in [-0.05, 0) is 62.3 Å². The zero-order chi connectivity index (χ0) is 29.5. The van der Waals surface area contributed by atoms with E-state index in [0.717, 1.165) is 18.5 Å². The van der Waals surface area contributed by atoms with E-state index in [4.69, 9.17) is 4.42 Å². The van der Waals surface area contributed by atoms with Crippen LogP contribution in [0.4, 0.5) is 11.4 Å². The fraction of sp³-hybridized carbons (Fsp3) is 0.200. The Morgan fingerprint density at radius 1 is 0.818 bits per heavy atom. The average Bonchev–Trinajstić information content (AvgIpc) is 3.65. The number of nitrogens with zero attached hydrogens (tertiary/aromatic N) is 1. The molecule has 0 bridgehead atoms. The lowest BCUT2D eigenvalue weighted by molar-refractivity contribution is 0.597. The van der Waals surface area contributed by atoms with Crippen molar-refractivity contribution in [3.63, 3.8) is 0 Å². The molecule has 0 fully saturated rings. The first kappa shape index (κ1) is 25.4. The standard InChI is InChI=1S/C40H34NOPSi/c1-40(2)29-16-8-5-13-26(29)35(27-14-6-9-17-30(27)40)25-22-31-37-34(23-25)44(3,4)38-28-15-7-10-18-32(28)42-39(38)43(37)33-19-11-12-24-20-21-41(31)36(24)33/h5-19,22-23,35H,20-21H2,1-4H3.